The van der Waals surface area contributed by atoms with Gasteiger partial charge in [0.15, 0.2) is 5.78 Å². The molecular weight excluding hydrogens is 238 g/mol. The summed E-state index contributed by atoms with van der Waals surface area (Å²) in [5.41, 5.74) is 8.94. The van der Waals surface area contributed by atoms with E-state index in [1.807, 2.05) is 13.0 Å². The Labute approximate surface area is 115 Å². The van der Waals surface area contributed by atoms with Crippen LogP contribution in [0.2, 0.25) is 0 Å². The predicted octanol–water partition coefficient (Wildman–Crippen LogP) is 2.88. The molecule has 0 aromatic heterocycles. The van der Waals surface area contributed by atoms with Crippen LogP contribution < -0.4 is 10.5 Å². The Morgan fingerprint density at radius 1 is 1.42 bits per heavy atom. The number of carbonyl (C=O) groups excluding carboxylic acids is 1. The molecule has 1 aromatic carbocycles. The van der Waals surface area contributed by atoms with E-state index in [0.29, 0.717) is 13.0 Å². The monoisotopic (exact) mass is 261 g/mol. The maximum absolute atomic E-state index is 12.0. The summed E-state index contributed by atoms with van der Waals surface area (Å²) in [4.78, 5) is 12.0. The second kappa shape index (κ2) is 6.20. The Hall–Kier alpha value is -1.35. The number of hydrogen-bond donors (Lipinski definition) is 1. The molecule has 0 radical (unpaired) electrons. The van der Waals surface area contributed by atoms with Crippen LogP contribution in [-0.4, -0.2) is 18.4 Å². The first kappa shape index (κ1) is 14.1. The van der Waals surface area contributed by atoms with Gasteiger partial charge < -0.3 is 10.5 Å². The minimum Gasteiger partial charge on any atom is -0.492 e. The van der Waals surface area contributed by atoms with Crippen LogP contribution >= 0.6 is 0 Å². The standard InChI is InChI=1S/C16H23NO2/c1-3-13-9-12(6-4-5-11(2)17)10-14-15(18)7-8-19-16(13)14/h9-11H,3-8,17H2,1-2H3/t11-/m0/s1. The lowest BCUT2D eigenvalue weighted by Crippen LogP contribution is -2.17. The lowest BCUT2D eigenvalue weighted by molar-refractivity contribution is 0.0932. The Bertz CT molecular complexity index is 466. The van der Waals surface area contributed by atoms with Crippen LogP contribution in [-0.2, 0) is 12.8 Å². The van der Waals surface area contributed by atoms with Crippen molar-refractivity contribution >= 4 is 5.78 Å². The SMILES string of the molecule is CCc1cc(CCC[C@H](C)N)cc2c1OCCC2=O. The molecule has 0 saturated carbocycles. The third kappa shape index (κ3) is 3.35. The summed E-state index contributed by atoms with van der Waals surface area (Å²) >= 11 is 0. The van der Waals surface area contributed by atoms with Crippen LogP contribution in [0, 0.1) is 0 Å². The molecule has 1 aliphatic heterocycles. The Morgan fingerprint density at radius 3 is 2.89 bits per heavy atom. The highest BCUT2D eigenvalue weighted by Crippen LogP contribution is 2.31. The zero-order valence-corrected chi connectivity index (χ0v) is 11.9. The fourth-order valence-corrected chi connectivity index (χ4v) is 2.55. The summed E-state index contributed by atoms with van der Waals surface area (Å²) in [7, 11) is 0. The number of Topliss-reactive ketones (excluding diaryl/α,β-unsaturated/α-hetero) is 1. The van der Waals surface area contributed by atoms with E-state index >= 15 is 0 Å². The smallest absolute Gasteiger partial charge is 0.170 e. The number of fused-ring (bicyclic) bond motifs is 1. The van der Waals surface area contributed by atoms with Gasteiger partial charge in [-0.3, -0.25) is 4.79 Å². The normalized spacial score (nSPS) is 15.8. The van der Waals surface area contributed by atoms with Crippen LogP contribution in [0.15, 0.2) is 12.1 Å². The highest BCUT2D eigenvalue weighted by atomic mass is 16.5. The van der Waals surface area contributed by atoms with Crippen molar-refractivity contribution in [2.24, 2.45) is 5.73 Å². The van der Waals surface area contributed by atoms with Gasteiger partial charge in [-0.15, -0.1) is 0 Å². The van der Waals surface area contributed by atoms with Gasteiger partial charge in [0, 0.05) is 12.5 Å². The zero-order valence-electron chi connectivity index (χ0n) is 11.9. The Kier molecular flexibility index (Phi) is 4.59. The average Bonchev–Trinajstić information content (AvgIpc) is 2.38. The minimum atomic E-state index is 0.213. The number of rotatable bonds is 5. The summed E-state index contributed by atoms with van der Waals surface area (Å²) in [5, 5.41) is 0. The van der Waals surface area contributed by atoms with Crippen molar-refractivity contribution < 1.29 is 9.53 Å². The quantitative estimate of drug-likeness (QED) is 0.886. The molecule has 0 amide bonds. The number of nitrogens with two attached hydrogens (primary N) is 1. The van der Waals surface area contributed by atoms with Crippen molar-refractivity contribution in [2.45, 2.75) is 52.0 Å². The number of ether oxygens (including phenoxy) is 1. The maximum atomic E-state index is 12.0. The van der Waals surface area contributed by atoms with Crippen molar-refractivity contribution in [1.29, 1.82) is 0 Å². The molecule has 19 heavy (non-hydrogen) atoms. The Balaban J connectivity index is 2.21. The molecule has 1 atom stereocenters. The number of ketones is 1. The molecule has 0 unspecified atom stereocenters. The largest absolute Gasteiger partial charge is 0.492 e. The molecule has 1 aromatic rings. The maximum Gasteiger partial charge on any atom is 0.170 e. The lowest BCUT2D eigenvalue weighted by Gasteiger charge is -2.20. The summed E-state index contributed by atoms with van der Waals surface area (Å²) in [6.07, 6.45) is 4.46. The van der Waals surface area contributed by atoms with Crippen LogP contribution in [0.1, 0.15) is 54.6 Å². The number of aryl methyl sites for hydroxylation is 2. The second-order valence-corrected chi connectivity index (χ2v) is 5.38. The van der Waals surface area contributed by atoms with Crippen molar-refractivity contribution in [3.63, 3.8) is 0 Å². The summed E-state index contributed by atoms with van der Waals surface area (Å²) in [6.45, 7) is 4.65. The fraction of sp³-hybridized carbons (Fsp3) is 0.562. The number of benzene rings is 1. The summed E-state index contributed by atoms with van der Waals surface area (Å²) < 4.78 is 5.67. The highest BCUT2D eigenvalue weighted by Gasteiger charge is 2.21. The van der Waals surface area contributed by atoms with Gasteiger partial charge in [0.05, 0.1) is 12.2 Å². The second-order valence-electron chi connectivity index (χ2n) is 5.38. The van der Waals surface area contributed by atoms with E-state index in [4.69, 9.17) is 10.5 Å². The first-order valence-electron chi connectivity index (χ1n) is 7.19. The predicted molar refractivity (Wildman–Crippen MR) is 76.8 cm³/mol. The summed E-state index contributed by atoms with van der Waals surface area (Å²) in [5.74, 6) is 1.03. The van der Waals surface area contributed by atoms with E-state index in [9.17, 15) is 4.79 Å². The minimum absolute atomic E-state index is 0.213. The molecule has 104 valence electrons. The van der Waals surface area contributed by atoms with E-state index in [0.717, 1.165) is 42.6 Å². The van der Waals surface area contributed by atoms with Crippen LogP contribution in [0.5, 0.6) is 5.75 Å². The van der Waals surface area contributed by atoms with Crippen molar-refractivity contribution in [2.75, 3.05) is 6.61 Å². The zero-order chi connectivity index (χ0) is 13.8. The van der Waals surface area contributed by atoms with Crippen molar-refractivity contribution in [1.82, 2.24) is 0 Å². The first-order chi connectivity index (χ1) is 9.11. The van der Waals surface area contributed by atoms with Gasteiger partial charge in [0.25, 0.3) is 0 Å². The average molecular weight is 261 g/mol. The first-order valence-corrected chi connectivity index (χ1v) is 7.19. The van der Waals surface area contributed by atoms with E-state index in [-0.39, 0.29) is 11.8 Å². The molecule has 0 fully saturated rings. The van der Waals surface area contributed by atoms with Crippen molar-refractivity contribution in [3.05, 3.63) is 28.8 Å². The summed E-state index contributed by atoms with van der Waals surface area (Å²) in [6, 6.07) is 4.43. The molecule has 2 rings (SSSR count). The molecule has 3 heteroatoms. The number of carbonyl (C=O) groups is 1. The third-order valence-corrected chi connectivity index (χ3v) is 3.61. The van der Waals surface area contributed by atoms with Gasteiger partial charge in [-0.2, -0.15) is 0 Å². The lowest BCUT2D eigenvalue weighted by atomic mass is 9.94. The number of hydrogen-bond acceptors (Lipinski definition) is 3. The Morgan fingerprint density at radius 2 is 2.21 bits per heavy atom. The van der Waals surface area contributed by atoms with Crippen molar-refractivity contribution in [3.8, 4) is 5.75 Å². The third-order valence-electron chi connectivity index (χ3n) is 3.61. The molecule has 2 N–H and O–H groups in total. The molecule has 0 bridgehead atoms. The van der Waals surface area contributed by atoms with Crippen LogP contribution in [0.4, 0.5) is 0 Å². The van der Waals surface area contributed by atoms with E-state index in [1.165, 1.54) is 5.56 Å². The molecule has 1 aliphatic rings. The van der Waals surface area contributed by atoms with Gasteiger partial charge in [-0.1, -0.05) is 13.0 Å². The molecule has 1 heterocycles. The van der Waals surface area contributed by atoms with Gasteiger partial charge in [-0.05, 0) is 49.8 Å². The molecule has 0 spiro atoms. The van der Waals surface area contributed by atoms with Gasteiger partial charge in [-0.25, -0.2) is 0 Å². The molecular formula is C16H23NO2. The van der Waals surface area contributed by atoms with Gasteiger partial charge >= 0.3 is 0 Å². The molecule has 0 aliphatic carbocycles. The van der Waals surface area contributed by atoms with Gasteiger partial charge in [0.2, 0.25) is 0 Å². The van der Waals surface area contributed by atoms with Crippen LogP contribution in [0.3, 0.4) is 0 Å². The fourth-order valence-electron chi connectivity index (χ4n) is 2.55. The van der Waals surface area contributed by atoms with Gasteiger partial charge in [0.1, 0.15) is 5.75 Å². The van der Waals surface area contributed by atoms with Crippen LogP contribution in [0.25, 0.3) is 0 Å². The molecule has 3 nitrogen and oxygen atoms in total. The van der Waals surface area contributed by atoms with E-state index in [2.05, 4.69) is 13.0 Å². The topological polar surface area (TPSA) is 52.3 Å². The highest BCUT2D eigenvalue weighted by molar-refractivity contribution is 6.00. The molecule has 0 saturated heterocycles. The van der Waals surface area contributed by atoms with E-state index in [1.54, 1.807) is 0 Å². The van der Waals surface area contributed by atoms with E-state index < -0.39 is 0 Å².